The molecular formula is C17H26ClN3O3S. The van der Waals surface area contributed by atoms with Crippen LogP contribution in [0.3, 0.4) is 0 Å². The van der Waals surface area contributed by atoms with E-state index in [2.05, 4.69) is 5.32 Å². The van der Waals surface area contributed by atoms with Crippen LogP contribution in [-0.2, 0) is 14.8 Å². The molecule has 1 fully saturated rings. The number of carbonyl (C=O) groups is 1. The number of halogens is 1. The van der Waals surface area contributed by atoms with Gasteiger partial charge in [-0.1, -0.05) is 23.7 Å². The van der Waals surface area contributed by atoms with E-state index in [1.165, 1.54) is 10.4 Å². The predicted molar refractivity (Wildman–Crippen MR) is 99.2 cm³/mol. The van der Waals surface area contributed by atoms with Crippen LogP contribution in [0.5, 0.6) is 0 Å². The van der Waals surface area contributed by atoms with Gasteiger partial charge in [0.25, 0.3) is 0 Å². The Morgan fingerprint density at radius 2 is 1.84 bits per heavy atom. The van der Waals surface area contributed by atoms with Crippen LogP contribution in [0, 0.1) is 0 Å². The van der Waals surface area contributed by atoms with Crippen LogP contribution in [0.2, 0.25) is 5.02 Å². The quantitative estimate of drug-likeness (QED) is 0.857. The van der Waals surface area contributed by atoms with Crippen molar-refractivity contribution < 1.29 is 13.2 Å². The molecule has 1 saturated heterocycles. The number of benzene rings is 1. The Balaban J connectivity index is 2.02. The highest BCUT2D eigenvalue weighted by atomic mass is 35.5. The Labute approximate surface area is 155 Å². The lowest BCUT2D eigenvalue weighted by atomic mass is 10.1. The number of nitrogens with one attached hydrogen (secondary N) is 1. The molecule has 6 nitrogen and oxygen atoms in total. The van der Waals surface area contributed by atoms with E-state index in [0.29, 0.717) is 32.6 Å². The van der Waals surface area contributed by atoms with Gasteiger partial charge in [0.2, 0.25) is 15.9 Å². The first-order chi connectivity index (χ1) is 11.6. The van der Waals surface area contributed by atoms with Crippen LogP contribution in [0.25, 0.3) is 0 Å². The second-order valence-corrected chi connectivity index (χ2v) is 9.58. The summed E-state index contributed by atoms with van der Waals surface area (Å²) in [5, 5.41) is 3.16. The van der Waals surface area contributed by atoms with E-state index < -0.39 is 10.0 Å². The first-order valence-electron chi connectivity index (χ1n) is 8.38. The molecule has 0 radical (unpaired) electrons. The van der Waals surface area contributed by atoms with Gasteiger partial charge in [0.15, 0.2) is 0 Å². The fourth-order valence-electron chi connectivity index (χ4n) is 2.80. The molecule has 1 aliphatic heterocycles. The van der Waals surface area contributed by atoms with E-state index in [0.717, 1.165) is 0 Å². The van der Waals surface area contributed by atoms with Crippen molar-refractivity contribution in [2.45, 2.75) is 37.6 Å². The van der Waals surface area contributed by atoms with Crippen molar-refractivity contribution in [3.8, 4) is 0 Å². The Morgan fingerprint density at radius 3 is 2.48 bits per heavy atom. The van der Waals surface area contributed by atoms with Gasteiger partial charge in [0.1, 0.15) is 4.90 Å². The van der Waals surface area contributed by atoms with E-state index in [1.54, 1.807) is 18.2 Å². The largest absolute Gasteiger partial charge is 0.350 e. The van der Waals surface area contributed by atoms with Gasteiger partial charge in [-0.05, 0) is 45.9 Å². The maximum Gasteiger partial charge on any atom is 0.244 e. The summed E-state index contributed by atoms with van der Waals surface area (Å²) in [7, 11) is -3.62. The highest BCUT2D eigenvalue weighted by Crippen LogP contribution is 2.25. The summed E-state index contributed by atoms with van der Waals surface area (Å²) in [5.74, 6) is -0.0464. The molecule has 1 heterocycles. The third-order valence-corrected chi connectivity index (χ3v) is 6.28. The zero-order valence-electron chi connectivity index (χ0n) is 15.0. The monoisotopic (exact) mass is 387 g/mol. The molecule has 25 heavy (non-hydrogen) atoms. The summed E-state index contributed by atoms with van der Waals surface area (Å²) in [6.07, 6.45) is 0.673. The molecule has 0 aromatic heterocycles. The van der Waals surface area contributed by atoms with E-state index in [-0.39, 0.29) is 27.9 Å². The highest BCUT2D eigenvalue weighted by molar-refractivity contribution is 7.89. The highest BCUT2D eigenvalue weighted by Gasteiger charge is 2.29. The smallest absolute Gasteiger partial charge is 0.244 e. The average molecular weight is 388 g/mol. The minimum atomic E-state index is -3.62. The molecule has 0 unspecified atom stereocenters. The number of rotatable bonds is 4. The Kier molecular flexibility index (Phi) is 6.48. The molecule has 0 aliphatic carbocycles. The third kappa shape index (κ3) is 5.67. The second kappa shape index (κ2) is 8.03. The van der Waals surface area contributed by atoms with Gasteiger partial charge < -0.3 is 5.32 Å². The zero-order valence-corrected chi connectivity index (χ0v) is 16.5. The average Bonchev–Trinajstić information content (AvgIpc) is 2.71. The van der Waals surface area contributed by atoms with E-state index in [4.69, 9.17) is 11.6 Å². The molecule has 1 aliphatic rings. The molecule has 1 N–H and O–H groups in total. The number of nitrogens with zero attached hydrogens (tertiary/aromatic N) is 2. The van der Waals surface area contributed by atoms with Crippen LogP contribution >= 0.6 is 11.6 Å². The van der Waals surface area contributed by atoms with Gasteiger partial charge in [0, 0.05) is 25.2 Å². The first-order valence-corrected chi connectivity index (χ1v) is 10.2. The normalized spacial score (nSPS) is 17.9. The van der Waals surface area contributed by atoms with E-state index in [9.17, 15) is 13.2 Å². The number of hydrogen-bond acceptors (Lipinski definition) is 4. The molecule has 0 atom stereocenters. The van der Waals surface area contributed by atoms with Crippen molar-refractivity contribution in [3.63, 3.8) is 0 Å². The van der Waals surface area contributed by atoms with Crippen LogP contribution in [0.1, 0.15) is 27.2 Å². The van der Waals surface area contributed by atoms with Crippen LogP contribution in [-0.4, -0.2) is 61.8 Å². The lowest BCUT2D eigenvalue weighted by Gasteiger charge is -2.25. The maximum absolute atomic E-state index is 12.8. The lowest BCUT2D eigenvalue weighted by molar-refractivity contribution is -0.123. The van der Waals surface area contributed by atoms with Crippen molar-refractivity contribution in [2.24, 2.45) is 0 Å². The molecule has 1 aromatic carbocycles. The summed E-state index contributed by atoms with van der Waals surface area (Å²) in [5.41, 5.74) is -0.275. The number of sulfonamides is 1. The fraction of sp³-hybridized carbons (Fsp3) is 0.588. The predicted octanol–water partition coefficient (Wildman–Crippen LogP) is 1.95. The molecule has 0 bridgehead atoms. The standard InChI is InChI=1S/C17H26ClN3O3S/c1-17(2,3)19-16(22)13-20-9-6-10-21(12-11-20)25(23,24)15-8-5-4-7-14(15)18/h4-5,7-8H,6,9-13H2,1-3H3,(H,19,22). The third-order valence-electron chi connectivity index (χ3n) is 3.88. The topological polar surface area (TPSA) is 69.7 Å². The van der Waals surface area contributed by atoms with Gasteiger partial charge in [-0.15, -0.1) is 0 Å². The van der Waals surface area contributed by atoms with Gasteiger partial charge in [0.05, 0.1) is 11.6 Å². The minimum Gasteiger partial charge on any atom is -0.350 e. The molecular weight excluding hydrogens is 362 g/mol. The first kappa shape index (κ1) is 20.2. The van der Waals surface area contributed by atoms with Gasteiger partial charge in [-0.3, -0.25) is 9.69 Å². The number of hydrogen-bond donors (Lipinski definition) is 1. The van der Waals surface area contributed by atoms with E-state index in [1.807, 2.05) is 25.7 Å². The molecule has 1 amide bonds. The molecule has 8 heteroatoms. The van der Waals surface area contributed by atoms with E-state index >= 15 is 0 Å². The van der Waals surface area contributed by atoms with Crippen LogP contribution in [0.4, 0.5) is 0 Å². The summed E-state index contributed by atoms with van der Waals surface area (Å²) in [6.45, 7) is 8.05. The Hall–Kier alpha value is -1.15. The summed E-state index contributed by atoms with van der Waals surface area (Å²) in [6, 6.07) is 6.48. The van der Waals surface area contributed by atoms with Gasteiger partial charge in [-0.2, -0.15) is 4.31 Å². The number of carbonyl (C=O) groups excluding carboxylic acids is 1. The number of amides is 1. The summed E-state index contributed by atoms with van der Waals surface area (Å²) in [4.78, 5) is 14.2. The Bertz CT molecular complexity index is 716. The molecule has 0 spiro atoms. The Morgan fingerprint density at radius 1 is 1.16 bits per heavy atom. The lowest BCUT2D eigenvalue weighted by Crippen LogP contribution is -2.46. The minimum absolute atomic E-state index is 0.0464. The molecule has 1 aromatic rings. The molecule has 0 saturated carbocycles. The van der Waals surface area contributed by atoms with Gasteiger partial charge in [-0.25, -0.2) is 8.42 Å². The maximum atomic E-state index is 12.8. The van der Waals surface area contributed by atoms with Crippen LogP contribution < -0.4 is 5.32 Å². The second-order valence-electron chi connectivity index (χ2n) is 7.26. The fourth-order valence-corrected chi connectivity index (χ4v) is 4.76. The van der Waals surface area contributed by atoms with Gasteiger partial charge >= 0.3 is 0 Å². The SMILES string of the molecule is CC(C)(C)NC(=O)CN1CCCN(S(=O)(=O)c2ccccc2Cl)CC1. The zero-order chi connectivity index (χ0) is 18.7. The summed E-state index contributed by atoms with van der Waals surface area (Å²) < 4.78 is 27.1. The van der Waals surface area contributed by atoms with Crippen molar-refractivity contribution in [3.05, 3.63) is 29.3 Å². The molecule has 2 rings (SSSR count). The van der Waals surface area contributed by atoms with Crippen molar-refractivity contribution in [1.82, 2.24) is 14.5 Å². The molecule has 140 valence electrons. The van der Waals surface area contributed by atoms with Crippen molar-refractivity contribution in [1.29, 1.82) is 0 Å². The van der Waals surface area contributed by atoms with Crippen molar-refractivity contribution >= 4 is 27.5 Å². The summed E-state index contributed by atoms with van der Waals surface area (Å²) >= 11 is 6.06. The van der Waals surface area contributed by atoms with Crippen molar-refractivity contribution in [2.75, 3.05) is 32.7 Å². The van der Waals surface area contributed by atoms with Crippen LogP contribution in [0.15, 0.2) is 29.2 Å².